The molecule has 0 aliphatic rings. The van der Waals surface area contributed by atoms with E-state index in [1.165, 1.54) is 6.33 Å². The summed E-state index contributed by atoms with van der Waals surface area (Å²) in [7, 11) is 1.60. The lowest BCUT2D eigenvalue weighted by atomic mass is 10.2. The molecule has 0 radical (unpaired) electrons. The standard InChI is InChI=1S/C29H28N8O2/c1-3-21-9-7-10-22(15-21)36-28-24-16-27(26(38-2)17-25(24)34-20-35-28)39-14-6-4-5-13-32-29(33-19-30)37-23-11-8-12-31-18-23/h1,7-12,15-18,20H,4-6,13-14H2,2H3,(H2,32,33,37)(H,34,35,36). The molecule has 0 amide bonds. The van der Waals surface area contributed by atoms with Gasteiger partial charge in [0.2, 0.25) is 5.96 Å². The van der Waals surface area contributed by atoms with E-state index in [0.29, 0.717) is 36.4 Å². The number of nitrogens with one attached hydrogen (secondary N) is 3. The Morgan fingerprint density at radius 3 is 2.74 bits per heavy atom. The van der Waals surface area contributed by atoms with Crippen molar-refractivity contribution in [1.82, 2.24) is 20.3 Å². The van der Waals surface area contributed by atoms with Crippen molar-refractivity contribution in [2.45, 2.75) is 19.3 Å². The molecular formula is C29H28N8O2. The molecule has 10 nitrogen and oxygen atoms in total. The van der Waals surface area contributed by atoms with Gasteiger partial charge in [0.25, 0.3) is 0 Å². The number of ether oxygens (including phenoxy) is 2. The molecule has 0 saturated heterocycles. The average molecular weight is 521 g/mol. The number of nitrogens with zero attached hydrogens (tertiary/aromatic N) is 5. The molecule has 39 heavy (non-hydrogen) atoms. The first-order chi connectivity index (χ1) is 19.2. The Bertz CT molecular complexity index is 1510. The summed E-state index contributed by atoms with van der Waals surface area (Å²) >= 11 is 0. The number of aliphatic imine (C=N–C) groups is 1. The minimum absolute atomic E-state index is 0.389. The fourth-order valence-electron chi connectivity index (χ4n) is 3.76. The van der Waals surface area contributed by atoms with Crippen molar-refractivity contribution in [3.05, 3.63) is 72.8 Å². The van der Waals surface area contributed by atoms with Crippen molar-refractivity contribution in [3.63, 3.8) is 0 Å². The van der Waals surface area contributed by atoms with Gasteiger partial charge in [-0.05, 0) is 55.7 Å². The van der Waals surface area contributed by atoms with E-state index in [0.717, 1.165) is 47.1 Å². The zero-order valence-electron chi connectivity index (χ0n) is 21.5. The smallest absolute Gasteiger partial charge is 0.209 e. The molecule has 0 aliphatic heterocycles. The van der Waals surface area contributed by atoms with Gasteiger partial charge in [0, 0.05) is 35.4 Å². The van der Waals surface area contributed by atoms with E-state index in [9.17, 15) is 0 Å². The van der Waals surface area contributed by atoms with E-state index in [1.807, 2.05) is 48.7 Å². The van der Waals surface area contributed by atoms with Crippen molar-refractivity contribution in [2.24, 2.45) is 4.99 Å². The van der Waals surface area contributed by atoms with Crippen LogP contribution in [-0.4, -0.2) is 41.2 Å². The number of unbranched alkanes of at least 4 members (excludes halogenated alkanes) is 2. The number of terminal acetylenes is 1. The summed E-state index contributed by atoms with van der Waals surface area (Å²) in [6, 6.07) is 14.9. The third kappa shape index (κ3) is 7.57. The Kier molecular flexibility index (Phi) is 9.46. The minimum atomic E-state index is 0.389. The van der Waals surface area contributed by atoms with E-state index >= 15 is 0 Å². The molecule has 0 unspecified atom stereocenters. The number of anilines is 3. The predicted octanol–water partition coefficient (Wildman–Crippen LogP) is 4.85. The van der Waals surface area contributed by atoms with Gasteiger partial charge >= 0.3 is 0 Å². The van der Waals surface area contributed by atoms with Crippen molar-refractivity contribution < 1.29 is 9.47 Å². The van der Waals surface area contributed by atoms with Crippen LogP contribution in [0.15, 0.2) is 72.2 Å². The topological polar surface area (TPSA) is 129 Å². The van der Waals surface area contributed by atoms with E-state index in [1.54, 1.807) is 25.6 Å². The maximum Gasteiger partial charge on any atom is 0.209 e. The Morgan fingerprint density at radius 2 is 1.95 bits per heavy atom. The molecule has 2 aromatic carbocycles. The number of rotatable bonds is 11. The summed E-state index contributed by atoms with van der Waals surface area (Å²) in [6.45, 7) is 1.06. The van der Waals surface area contributed by atoms with E-state index in [-0.39, 0.29) is 0 Å². The van der Waals surface area contributed by atoms with E-state index < -0.39 is 0 Å². The number of hydrogen-bond donors (Lipinski definition) is 3. The van der Waals surface area contributed by atoms with Gasteiger partial charge in [0.05, 0.1) is 31.1 Å². The lowest BCUT2D eigenvalue weighted by molar-refractivity contribution is 0.286. The number of methoxy groups -OCH3 is 1. The van der Waals surface area contributed by atoms with Crippen LogP contribution in [0, 0.1) is 23.8 Å². The molecule has 2 aromatic heterocycles. The van der Waals surface area contributed by atoms with Crippen LogP contribution in [0.3, 0.4) is 0 Å². The molecule has 0 fully saturated rings. The molecular weight excluding hydrogens is 492 g/mol. The molecule has 0 aliphatic carbocycles. The summed E-state index contributed by atoms with van der Waals surface area (Å²) in [6.07, 6.45) is 14.8. The number of benzene rings is 2. The molecule has 4 aromatic rings. The molecule has 10 heteroatoms. The molecule has 0 spiro atoms. The second kappa shape index (κ2) is 13.8. The van der Waals surface area contributed by atoms with Crippen LogP contribution in [0.25, 0.3) is 10.9 Å². The Balaban J connectivity index is 1.34. The van der Waals surface area contributed by atoms with Crippen LogP contribution in [0.1, 0.15) is 24.8 Å². The number of guanidine groups is 1. The van der Waals surface area contributed by atoms with Gasteiger partial charge in [-0.3, -0.25) is 15.3 Å². The molecule has 0 atom stereocenters. The van der Waals surface area contributed by atoms with Gasteiger partial charge in [0.1, 0.15) is 12.1 Å². The first-order valence-corrected chi connectivity index (χ1v) is 12.4. The van der Waals surface area contributed by atoms with Gasteiger partial charge in [-0.1, -0.05) is 12.0 Å². The Hall–Kier alpha value is -5.35. The summed E-state index contributed by atoms with van der Waals surface area (Å²) in [4.78, 5) is 17.3. The fraction of sp³-hybridized carbons (Fsp3) is 0.207. The van der Waals surface area contributed by atoms with Gasteiger partial charge in [-0.15, -0.1) is 6.42 Å². The third-order valence-corrected chi connectivity index (χ3v) is 5.64. The number of nitriles is 1. The lowest BCUT2D eigenvalue weighted by Crippen LogP contribution is -2.27. The molecule has 3 N–H and O–H groups in total. The van der Waals surface area contributed by atoms with Crippen LogP contribution in [0.4, 0.5) is 17.2 Å². The first kappa shape index (κ1) is 26.7. The van der Waals surface area contributed by atoms with Gasteiger partial charge in [-0.2, -0.15) is 5.26 Å². The highest BCUT2D eigenvalue weighted by Crippen LogP contribution is 2.35. The van der Waals surface area contributed by atoms with Crippen molar-refractivity contribution in [2.75, 3.05) is 30.9 Å². The number of pyridine rings is 1. The van der Waals surface area contributed by atoms with Crippen LogP contribution < -0.4 is 25.4 Å². The zero-order valence-corrected chi connectivity index (χ0v) is 21.5. The van der Waals surface area contributed by atoms with Crippen LogP contribution in [0.2, 0.25) is 0 Å². The normalized spacial score (nSPS) is 10.8. The number of aromatic nitrogens is 3. The Morgan fingerprint density at radius 1 is 1.05 bits per heavy atom. The highest BCUT2D eigenvalue weighted by atomic mass is 16.5. The average Bonchev–Trinajstić information content (AvgIpc) is 2.97. The van der Waals surface area contributed by atoms with E-state index in [2.05, 4.69) is 41.8 Å². The second-order valence-electron chi connectivity index (χ2n) is 8.34. The maximum absolute atomic E-state index is 8.97. The van der Waals surface area contributed by atoms with Gasteiger partial charge < -0.3 is 20.1 Å². The summed E-state index contributed by atoms with van der Waals surface area (Å²) in [5, 5.41) is 18.7. The number of fused-ring (bicyclic) bond motifs is 1. The van der Waals surface area contributed by atoms with Crippen LogP contribution in [0.5, 0.6) is 11.5 Å². The minimum Gasteiger partial charge on any atom is -0.493 e. The Labute approximate surface area is 227 Å². The SMILES string of the molecule is C#Cc1cccc(Nc2ncnc3cc(OC)c(OCCCCCN=C(NC#N)Nc4cccnc4)cc23)c1. The highest BCUT2D eigenvalue weighted by molar-refractivity contribution is 5.94. The molecule has 4 rings (SSSR count). The zero-order chi connectivity index (χ0) is 27.3. The summed E-state index contributed by atoms with van der Waals surface area (Å²) in [5.41, 5.74) is 3.08. The van der Waals surface area contributed by atoms with Gasteiger partial charge in [0.15, 0.2) is 17.7 Å². The van der Waals surface area contributed by atoms with Crippen molar-refractivity contribution in [3.8, 4) is 30.0 Å². The third-order valence-electron chi connectivity index (χ3n) is 5.64. The highest BCUT2D eigenvalue weighted by Gasteiger charge is 2.12. The first-order valence-electron chi connectivity index (χ1n) is 12.4. The van der Waals surface area contributed by atoms with Crippen LogP contribution >= 0.6 is 0 Å². The van der Waals surface area contributed by atoms with E-state index in [4.69, 9.17) is 21.2 Å². The lowest BCUT2D eigenvalue weighted by Gasteiger charge is -2.14. The number of hydrogen-bond acceptors (Lipinski definition) is 8. The summed E-state index contributed by atoms with van der Waals surface area (Å²) < 4.78 is 11.6. The summed E-state index contributed by atoms with van der Waals surface area (Å²) in [5.74, 6) is 4.88. The maximum atomic E-state index is 8.97. The monoisotopic (exact) mass is 520 g/mol. The van der Waals surface area contributed by atoms with Crippen molar-refractivity contribution in [1.29, 1.82) is 5.26 Å². The molecule has 0 bridgehead atoms. The molecule has 0 saturated carbocycles. The predicted molar refractivity (Wildman–Crippen MR) is 152 cm³/mol. The molecule has 196 valence electrons. The molecule has 2 heterocycles. The van der Waals surface area contributed by atoms with Gasteiger partial charge in [-0.25, -0.2) is 9.97 Å². The van der Waals surface area contributed by atoms with Crippen molar-refractivity contribution >= 4 is 34.1 Å². The largest absolute Gasteiger partial charge is 0.493 e. The van der Waals surface area contributed by atoms with Crippen LogP contribution in [-0.2, 0) is 0 Å². The second-order valence-corrected chi connectivity index (χ2v) is 8.34. The fourth-order valence-corrected chi connectivity index (χ4v) is 3.76. The quantitative estimate of drug-likeness (QED) is 0.0635.